The summed E-state index contributed by atoms with van der Waals surface area (Å²) < 4.78 is 10.8. The summed E-state index contributed by atoms with van der Waals surface area (Å²) in [4.78, 5) is 40.6. The van der Waals surface area contributed by atoms with E-state index in [9.17, 15) is 14.4 Å². The van der Waals surface area contributed by atoms with Crippen LogP contribution in [-0.2, 0) is 22.6 Å². The van der Waals surface area contributed by atoms with Crippen LogP contribution in [0.3, 0.4) is 0 Å². The molecular formula is C18H18N4O5. The summed E-state index contributed by atoms with van der Waals surface area (Å²) in [6.45, 7) is 3.83. The molecule has 27 heavy (non-hydrogen) atoms. The number of benzene rings is 1. The zero-order valence-corrected chi connectivity index (χ0v) is 14.9. The Balaban J connectivity index is 1.76. The van der Waals surface area contributed by atoms with E-state index in [1.54, 1.807) is 6.92 Å². The molecule has 1 aromatic carbocycles. The lowest BCUT2D eigenvalue weighted by Crippen LogP contribution is -2.32. The summed E-state index contributed by atoms with van der Waals surface area (Å²) >= 11 is 0. The molecule has 0 spiro atoms. The number of esters is 1. The van der Waals surface area contributed by atoms with Gasteiger partial charge < -0.3 is 14.6 Å². The van der Waals surface area contributed by atoms with Crippen LogP contribution in [0.15, 0.2) is 39.9 Å². The van der Waals surface area contributed by atoms with Crippen LogP contribution in [0.2, 0.25) is 0 Å². The first-order valence-electron chi connectivity index (χ1n) is 8.33. The fourth-order valence-corrected chi connectivity index (χ4v) is 2.45. The van der Waals surface area contributed by atoms with Crippen LogP contribution in [0.4, 0.5) is 0 Å². The lowest BCUT2D eigenvalue weighted by Gasteiger charge is -2.07. The van der Waals surface area contributed by atoms with Gasteiger partial charge >= 0.3 is 5.97 Å². The van der Waals surface area contributed by atoms with Crippen molar-refractivity contribution in [3.8, 4) is 0 Å². The number of aromatic nitrogens is 3. The fourth-order valence-electron chi connectivity index (χ4n) is 2.45. The van der Waals surface area contributed by atoms with E-state index in [0.717, 1.165) is 15.7 Å². The van der Waals surface area contributed by atoms with Gasteiger partial charge in [-0.15, -0.1) is 0 Å². The molecule has 9 heteroatoms. The molecule has 0 fully saturated rings. The Bertz CT molecular complexity index is 1040. The summed E-state index contributed by atoms with van der Waals surface area (Å²) in [7, 11) is 0. The second kappa shape index (κ2) is 7.81. The molecule has 0 bridgehead atoms. The van der Waals surface area contributed by atoms with Crippen molar-refractivity contribution < 1.29 is 18.8 Å². The van der Waals surface area contributed by atoms with Gasteiger partial charge in [0.05, 0.1) is 6.61 Å². The smallest absolute Gasteiger partial charge is 0.361 e. The highest BCUT2D eigenvalue weighted by molar-refractivity contribution is 5.99. The fraction of sp³-hybridized carbons (Fsp3) is 0.278. The summed E-state index contributed by atoms with van der Waals surface area (Å²) in [5, 5.41) is 6.18. The van der Waals surface area contributed by atoms with Gasteiger partial charge in [0.25, 0.3) is 11.3 Å². The molecule has 3 aromatic rings. The highest BCUT2D eigenvalue weighted by atomic mass is 16.5. The van der Waals surface area contributed by atoms with Crippen LogP contribution in [0, 0.1) is 6.92 Å². The standard InChI is InChI=1S/C18H18N4O5/c1-3-26-18(25)15-14-16(27-21-15)20-10-22(17(14)24)9-13(23)19-8-12-6-4-11(2)5-7-12/h4-7,10H,3,8-9H2,1-2H3,(H,19,23). The average Bonchev–Trinajstić information content (AvgIpc) is 3.09. The third kappa shape index (κ3) is 4.02. The minimum absolute atomic E-state index is 0.0839. The summed E-state index contributed by atoms with van der Waals surface area (Å²) in [6.07, 6.45) is 1.18. The minimum atomic E-state index is -0.781. The predicted molar refractivity (Wildman–Crippen MR) is 95.0 cm³/mol. The lowest BCUT2D eigenvalue weighted by atomic mass is 10.1. The Morgan fingerprint density at radius 3 is 2.70 bits per heavy atom. The first kappa shape index (κ1) is 18.3. The number of amides is 1. The first-order valence-corrected chi connectivity index (χ1v) is 8.33. The highest BCUT2D eigenvalue weighted by Crippen LogP contribution is 2.12. The second-order valence-corrected chi connectivity index (χ2v) is 5.87. The normalized spacial score (nSPS) is 10.7. The van der Waals surface area contributed by atoms with Gasteiger partial charge in [0, 0.05) is 6.54 Å². The molecule has 1 N–H and O–H groups in total. The number of ether oxygens (including phenoxy) is 1. The molecule has 9 nitrogen and oxygen atoms in total. The Kier molecular flexibility index (Phi) is 5.30. The third-order valence-corrected chi connectivity index (χ3v) is 3.86. The minimum Gasteiger partial charge on any atom is -0.461 e. The predicted octanol–water partition coefficient (Wildman–Crippen LogP) is 1.19. The number of nitrogens with zero attached hydrogens (tertiary/aromatic N) is 3. The van der Waals surface area contributed by atoms with Crippen LogP contribution >= 0.6 is 0 Å². The van der Waals surface area contributed by atoms with E-state index in [-0.39, 0.29) is 35.9 Å². The number of hydrogen-bond donors (Lipinski definition) is 1. The maximum Gasteiger partial charge on any atom is 0.361 e. The monoisotopic (exact) mass is 370 g/mol. The van der Waals surface area contributed by atoms with Crippen molar-refractivity contribution in [2.45, 2.75) is 26.9 Å². The van der Waals surface area contributed by atoms with Crippen molar-refractivity contribution in [1.82, 2.24) is 20.0 Å². The van der Waals surface area contributed by atoms with E-state index >= 15 is 0 Å². The molecule has 0 aliphatic rings. The number of rotatable bonds is 6. The summed E-state index contributed by atoms with van der Waals surface area (Å²) in [5.74, 6) is -1.15. The summed E-state index contributed by atoms with van der Waals surface area (Å²) in [5.41, 5.74) is 1.13. The van der Waals surface area contributed by atoms with Crippen molar-refractivity contribution in [3.63, 3.8) is 0 Å². The Morgan fingerprint density at radius 1 is 1.26 bits per heavy atom. The molecule has 0 unspecified atom stereocenters. The molecule has 140 valence electrons. The molecule has 0 atom stereocenters. The van der Waals surface area contributed by atoms with Crippen LogP contribution in [0.5, 0.6) is 0 Å². The number of carbonyl (C=O) groups is 2. The molecule has 2 aromatic heterocycles. The Hall–Kier alpha value is -3.49. The molecule has 0 radical (unpaired) electrons. The van der Waals surface area contributed by atoms with Crippen molar-refractivity contribution in [1.29, 1.82) is 0 Å². The third-order valence-electron chi connectivity index (χ3n) is 3.86. The molecule has 0 aliphatic carbocycles. The van der Waals surface area contributed by atoms with Gasteiger partial charge in [0.15, 0.2) is 0 Å². The quantitative estimate of drug-likeness (QED) is 0.648. The molecule has 3 rings (SSSR count). The number of nitrogens with one attached hydrogen (secondary N) is 1. The van der Waals surface area contributed by atoms with Crippen LogP contribution in [0.25, 0.3) is 11.1 Å². The second-order valence-electron chi connectivity index (χ2n) is 5.87. The van der Waals surface area contributed by atoms with Crippen molar-refractivity contribution in [2.24, 2.45) is 0 Å². The maximum atomic E-state index is 12.6. The van der Waals surface area contributed by atoms with Crippen molar-refractivity contribution in [3.05, 3.63) is 57.8 Å². The first-order chi connectivity index (χ1) is 13.0. The molecule has 0 saturated carbocycles. The Labute approximate surface area is 153 Å². The lowest BCUT2D eigenvalue weighted by molar-refractivity contribution is -0.121. The van der Waals surface area contributed by atoms with Gasteiger partial charge in [-0.2, -0.15) is 0 Å². The van der Waals surface area contributed by atoms with Crippen molar-refractivity contribution in [2.75, 3.05) is 6.61 Å². The molecule has 1 amide bonds. The van der Waals surface area contributed by atoms with Gasteiger partial charge in [-0.05, 0) is 19.4 Å². The zero-order valence-electron chi connectivity index (χ0n) is 14.9. The highest BCUT2D eigenvalue weighted by Gasteiger charge is 2.22. The van der Waals surface area contributed by atoms with Gasteiger partial charge in [-0.25, -0.2) is 9.78 Å². The van der Waals surface area contributed by atoms with Gasteiger partial charge in [-0.3, -0.25) is 14.2 Å². The largest absolute Gasteiger partial charge is 0.461 e. The number of carbonyl (C=O) groups excluding carboxylic acids is 2. The van der Waals surface area contributed by atoms with E-state index in [0.29, 0.717) is 6.54 Å². The Morgan fingerprint density at radius 2 is 2.00 bits per heavy atom. The van der Waals surface area contributed by atoms with E-state index in [1.165, 1.54) is 6.33 Å². The summed E-state index contributed by atoms with van der Waals surface area (Å²) in [6, 6.07) is 7.73. The van der Waals surface area contributed by atoms with E-state index in [4.69, 9.17) is 9.26 Å². The molecular weight excluding hydrogens is 352 g/mol. The molecule has 2 heterocycles. The van der Waals surface area contributed by atoms with Gasteiger partial charge in [0.2, 0.25) is 11.6 Å². The topological polar surface area (TPSA) is 116 Å². The van der Waals surface area contributed by atoms with Gasteiger partial charge in [0.1, 0.15) is 18.3 Å². The van der Waals surface area contributed by atoms with Crippen LogP contribution in [-0.4, -0.2) is 33.2 Å². The van der Waals surface area contributed by atoms with Gasteiger partial charge in [-0.1, -0.05) is 35.0 Å². The van der Waals surface area contributed by atoms with Crippen molar-refractivity contribution >= 4 is 23.0 Å². The van der Waals surface area contributed by atoms with E-state index < -0.39 is 11.5 Å². The van der Waals surface area contributed by atoms with E-state index in [1.807, 2.05) is 31.2 Å². The SMILES string of the molecule is CCOC(=O)c1noc2ncn(CC(=O)NCc3ccc(C)cc3)c(=O)c12. The van der Waals surface area contributed by atoms with Crippen LogP contribution < -0.4 is 10.9 Å². The number of hydrogen-bond acceptors (Lipinski definition) is 7. The molecule has 0 saturated heterocycles. The number of fused-ring (bicyclic) bond motifs is 1. The van der Waals surface area contributed by atoms with Crippen LogP contribution in [0.1, 0.15) is 28.5 Å². The zero-order chi connectivity index (χ0) is 19.4. The molecule has 0 aliphatic heterocycles. The maximum absolute atomic E-state index is 12.6. The van der Waals surface area contributed by atoms with E-state index in [2.05, 4.69) is 15.5 Å². The average molecular weight is 370 g/mol. The number of aryl methyl sites for hydroxylation is 1.